The van der Waals surface area contributed by atoms with Crippen LogP contribution in [0.5, 0.6) is 0 Å². The third-order valence-electron chi connectivity index (χ3n) is 1.47. The first kappa shape index (κ1) is 10.8. The number of carbonyl (C=O) groups excluding carboxylic acids is 1. The molecule has 0 rings (SSSR count). The average molecular weight is 171 g/mol. The summed E-state index contributed by atoms with van der Waals surface area (Å²) in [5, 5.41) is 8.28. The van der Waals surface area contributed by atoms with Crippen LogP contribution in [0.2, 0.25) is 0 Å². The quantitative estimate of drug-likeness (QED) is 0.564. The standard InChI is InChI=1S/C8H13NO3/c1-2-7(10)6(9)4-3-5-8(11)12/h2,6H,1,3-5,9H2,(H,11,12). The van der Waals surface area contributed by atoms with Gasteiger partial charge in [0.25, 0.3) is 0 Å². The van der Waals surface area contributed by atoms with Gasteiger partial charge in [0, 0.05) is 6.42 Å². The van der Waals surface area contributed by atoms with Gasteiger partial charge in [0.2, 0.25) is 0 Å². The van der Waals surface area contributed by atoms with Crippen LogP contribution in [0.15, 0.2) is 12.7 Å². The maximum Gasteiger partial charge on any atom is 0.303 e. The van der Waals surface area contributed by atoms with Crippen molar-refractivity contribution in [2.45, 2.75) is 25.3 Å². The average Bonchev–Trinajstić information content (AvgIpc) is 2.02. The molecule has 12 heavy (non-hydrogen) atoms. The molecule has 0 aromatic rings. The van der Waals surface area contributed by atoms with E-state index in [1.807, 2.05) is 0 Å². The molecule has 0 saturated carbocycles. The molecule has 1 atom stereocenters. The second-order valence-electron chi connectivity index (χ2n) is 2.50. The first-order valence-electron chi connectivity index (χ1n) is 3.71. The monoisotopic (exact) mass is 171 g/mol. The summed E-state index contributed by atoms with van der Waals surface area (Å²) in [5.41, 5.74) is 5.40. The number of ketones is 1. The lowest BCUT2D eigenvalue weighted by molar-refractivity contribution is -0.137. The zero-order valence-electron chi connectivity index (χ0n) is 6.82. The van der Waals surface area contributed by atoms with Crippen LogP contribution in [0.3, 0.4) is 0 Å². The van der Waals surface area contributed by atoms with E-state index in [1.165, 1.54) is 0 Å². The molecule has 0 heterocycles. The molecule has 0 fully saturated rings. The summed E-state index contributed by atoms with van der Waals surface area (Å²) in [4.78, 5) is 20.9. The van der Waals surface area contributed by atoms with Gasteiger partial charge >= 0.3 is 5.97 Å². The number of carbonyl (C=O) groups is 2. The van der Waals surface area contributed by atoms with Gasteiger partial charge < -0.3 is 10.8 Å². The zero-order chi connectivity index (χ0) is 9.56. The third-order valence-corrected chi connectivity index (χ3v) is 1.47. The predicted octanol–water partition coefficient (Wildman–Crippen LogP) is 0.324. The summed E-state index contributed by atoms with van der Waals surface area (Å²) in [5.74, 6) is -1.10. The van der Waals surface area contributed by atoms with Crippen molar-refractivity contribution in [1.82, 2.24) is 0 Å². The second kappa shape index (κ2) is 5.49. The highest BCUT2D eigenvalue weighted by Gasteiger charge is 2.09. The van der Waals surface area contributed by atoms with E-state index in [-0.39, 0.29) is 12.2 Å². The number of aliphatic carboxylic acids is 1. The van der Waals surface area contributed by atoms with Gasteiger partial charge in [0.1, 0.15) is 0 Å². The molecular formula is C8H13NO3. The molecule has 68 valence electrons. The van der Waals surface area contributed by atoms with Gasteiger partial charge in [-0.05, 0) is 18.9 Å². The van der Waals surface area contributed by atoms with Gasteiger partial charge in [0.15, 0.2) is 5.78 Å². The van der Waals surface area contributed by atoms with E-state index in [1.54, 1.807) is 0 Å². The SMILES string of the molecule is C=CC(=O)C(N)CCCC(=O)O. The molecule has 0 aliphatic heterocycles. The maximum absolute atomic E-state index is 10.8. The predicted molar refractivity (Wildman–Crippen MR) is 44.7 cm³/mol. The van der Waals surface area contributed by atoms with E-state index in [0.717, 1.165) is 6.08 Å². The van der Waals surface area contributed by atoms with E-state index in [9.17, 15) is 9.59 Å². The van der Waals surface area contributed by atoms with E-state index >= 15 is 0 Å². The van der Waals surface area contributed by atoms with Gasteiger partial charge in [0.05, 0.1) is 6.04 Å². The largest absolute Gasteiger partial charge is 0.481 e. The molecule has 0 saturated heterocycles. The Labute approximate surface area is 71.1 Å². The van der Waals surface area contributed by atoms with Crippen molar-refractivity contribution in [3.63, 3.8) is 0 Å². The summed E-state index contributed by atoms with van der Waals surface area (Å²) < 4.78 is 0. The summed E-state index contributed by atoms with van der Waals surface area (Å²) in [7, 11) is 0. The number of carboxylic acids is 1. The number of hydrogen-bond acceptors (Lipinski definition) is 3. The number of hydrogen-bond donors (Lipinski definition) is 2. The van der Waals surface area contributed by atoms with Gasteiger partial charge in [-0.25, -0.2) is 0 Å². The Morgan fingerprint density at radius 1 is 1.58 bits per heavy atom. The van der Waals surface area contributed by atoms with Crippen LogP contribution in [-0.2, 0) is 9.59 Å². The normalized spacial score (nSPS) is 12.1. The van der Waals surface area contributed by atoms with Crippen molar-refractivity contribution in [2.75, 3.05) is 0 Å². The molecule has 0 aromatic heterocycles. The molecule has 3 N–H and O–H groups in total. The first-order chi connectivity index (χ1) is 5.57. The third kappa shape index (κ3) is 4.62. The van der Waals surface area contributed by atoms with E-state index in [2.05, 4.69) is 6.58 Å². The summed E-state index contributed by atoms with van der Waals surface area (Å²) in [6.07, 6.45) is 2.04. The molecule has 0 bridgehead atoms. The fraction of sp³-hybridized carbons (Fsp3) is 0.500. The summed E-state index contributed by atoms with van der Waals surface area (Å²) >= 11 is 0. The minimum Gasteiger partial charge on any atom is -0.481 e. The highest BCUT2D eigenvalue weighted by atomic mass is 16.4. The molecule has 0 aliphatic carbocycles. The molecule has 4 nitrogen and oxygen atoms in total. The van der Waals surface area contributed by atoms with E-state index < -0.39 is 12.0 Å². The van der Waals surface area contributed by atoms with E-state index in [4.69, 9.17) is 10.8 Å². The Hall–Kier alpha value is -1.16. The zero-order valence-corrected chi connectivity index (χ0v) is 6.82. The van der Waals surface area contributed by atoms with E-state index in [0.29, 0.717) is 12.8 Å². The van der Waals surface area contributed by atoms with Crippen molar-refractivity contribution in [3.05, 3.63) is 12.7 Å². The van der Waals surface area contributed by atoms with Crippen LogP contribution >= 0.6 is 0 Å². The van der Waals surface area contributed by atoms with Crippen molar-refractivity contribution >= 4 is 11.8 Å². The van der Waals surface area contributed by atoms with Crippen LogP contribution in [-0.4, -0.2) is 22.9 Å². The minimum atomic E-state index is -0.867. The summed E-state index contributed by atoms with van der Waals surface area (Å²) in [6.45, 7) is 3.28. The van der Waals surface area contributed by atoms with Gasteiger partial charge in [-0.3, -0.25) is 9.59 Å². The van der Waals surface area contributed by atoms with Crippen molar-refractivity contribution in [3.8, 4) is 0 Å². The van der Waals surface area contributed by atoms with Crippen molar-refractivity contribution in [2.24, 2.45) is 5.73 Å². The number of carboxylic acid groups (broad SMARTS) is 1. The van der Waals surface area contributed by atoms with Crippen molar-refractivity contribution in [1.29, 1.82) is 0 Å². The topological polar surface area (TPSA) is 80.4 Å². The molecule has 0 aromatic carbocycles. The molecule has 0 aliphatic rings. The lowest BCUT2D eigenvalue weighted by atomic mass is 10.1. The summed E-state index contributed by atoms with van der Waals surface area (Å²) in [6, 6.07) is -0.596. The molecule has 0 amide bonds. The van der Waals surface area contributed by atoms with Crippen LogP contribution in [0, 0.1) is 0 Å². The Balaban J connectivity index is 3.56. The Bertz CT molecular complexity index is 189. The van der Waals surface area contributed by atoms with Crippen LogP contribution < -0.4 is 5.73 Å². The Morgan fingerprint density at radius 3 is 2.58 bits per heavy atom. The Kier molecular flexibility index (Phi) is 4.96. The molecular weight excluding hydrogens is 158 g/mol. The first-order valence-corrected chi connectivity index (χ1v) is 3.71. The Morgan fingerprint density at radius 2 is 2.17 bits per heavy atom. The molecule has 0 spiro atoms. The molecule has 1 unspecified atom stereocenters. The van der Waals surface area contributed by atoms with Crippen molar-refractivity contribution < 1.29 is 14.7 Å². The van der Waals surface area contributed by atoms with Crippen LogP contribution in [0.25, 0.3) is 0 Å². The van der Waals surface area contributed by atoms with Gasteiger partial charge in [-0.15, -0.1) is 0 Å². The van der Waals surface area contributed by atoms with Crippen LogP contribution in [0.4, 0.5) is 0 Å². The number of nitrogens with two attached hydrogens (primary N) is 1. The fourth-order valence-corrected chi connectivity index (χ4v) is 0.767. The lowest BCUT2D eigenvalue weighted by Crippen LogP contribution is -2.28. The molecule has 4 heteroatoms. The van der Waals surface area contributed by atoms with Gasteiger partial charge in [-0.1, -0.05) is 6.58 Å². The minimum absolute atomic E-state index is 0.0537. The highest BCUT2D eigenvalue weighted by Crippen LogP contribution is 2.00. The molecule has 0 radical (unpaired) electrons. The number of rotatable bonds is 6. The smallest absolute Gasteiger partial charge is 0.303 e. The lowest BCUT2D eigenvalue weighted by Gasteiger charge is -2.05. The fourth-order valence-electron chi connectivity index (χ4n) is 0.767. The van der Waals surface area contributed by atoms with Gasteiger partial charge in [-0.2, -0.15) is 0 Å². The second-order valence-corrected chi connectivity index (χ2v) is 2.50. The maximum atomic E-state index is 10.8. The highest BCUT2D eigenvalue weighted by molar-refractivity contribution is 5.93. The van der Waals surface area contributed by atoms with Crippen LogP contribution in [0.1, 0.15) is 19.3 Å².